The molecule has 2 aliphatic rings. The largest absolute Gasteiger partial charge is 0.293 e. The first-order chi connectivity index (χ1) is 4.75. The molecule has 56 valence electrons. The van der Waals surface area contributed by atoms with Gasteiger partial charge in [0.05, 0.1) is 0 Å². The van der Waals surface area contributed by atoms with Crippen LogP contribution in [0.15, 0.2) is 12.2 Å². The molecule has 2 rings (SSSR count). The number of alkyl halides is 1. The summed E-state index contributed by atoms with van der Waals surface area (Å²) in [4.78, 5) is 2.20. The third-order valence-electron chi connectivity index (χ3n) is 2.43. The maximum absolute atomic E-state index is 12.7. The van der Waals surface area contributed by atoms with E-state index < -0.39 is 6.17 Å². The van der Waals surface area contributed by atoms with Crippen molar-refractivity contribution in [2.45, 2.75) is 25.1 Å². The minimum Gasteiger partial charge on any atom is -0.293 e. The Morgan fingerprint density at radius 3 is 3.10 bits per heavy atom. The van der Waals surface area contributed by atoms with Crippen LogP contribution in [0.25, 0.3) is 0 Å². The molecular formula is C8H12FN. The molecule has 0 amide bonds. The molecule has 2 atom stereocenters. The van der Waals surface area contributed by atoms with E-state index in [4.69, 9.17) is 0 Å². The SMILES string of the molecule is C=C1C[C@@H]2C[C@@H](F)CN2C1. The highest BCUT2D eigenvalue weighted by atomic mass is 19.1. The molecule has 2 saturated heterocycles. The molecule has 0 spiro atoms. The van der Waals surface area contributed by atoms with Gasteiger partial charge in [-0.25, -0.2) is 4.39 Å². The summed E-state index contributed by atoms with van der Waals surface area (Å²) in [6.45, 7) is 5.48. The standard InChI is InChI=1S/C8H12FN/c1-6-2-8-3-7(9)5-10(8)4-6/h7-8H,1-5H2/t7-,8-/m1/s1. The Hall–Kier alpha value is -0.370. The van der Waals surface area contributed by atoms with Crippen molar-refractivity contribution in [1.29, 1.82) is 0 Å². The molecule has 0 radical (unpaired) electrons. The number of rotatable bonds is 0. The molecule has 0 aromatic rings. The van der Waals surface area contributed by atoms with Gasteiger partial charge in [0.2, 0.25) is 0 Å². The van der Waals surface area contributed by atoms with Gasteiger partial charge in [-0.15, -0.1) is 0 Å². The smallest absolute Gasteiger partial charge is 0.114 e. The van der Waals surface area contributed by atoms with Crippen molar-refractivity contribution >= 4 is 0 Å². The molecule has 0 unspecified atom stereocenters. The van der Waals surface area contributed by atoms with Gasteiger partial charge in [-0.05, 0) is 12.8 Å². The van der Waals surface area contributed by atoms with Gasteiger partial charge >= 0.3 is 0 Å². The van der Waals surface area contributed by atoms with Crippen LogP contribution in [0.5, 0.6) is 0 Å². The van der Waals surface area contributed by atoms with Crippen molar-refractivity contribution in [1.82, 2.24) is 4.90 Å². The molecule has 0 aromatic carbocycles. The van der Waals surface area contributed by atoms with Crippen LogP contribution in [0.4, 0.5) is 4.39 Å². The van der Waals surface area contributed by atoms with Crippen LogP contribution in [0.2, 0.25) is 0 Å². The third-order valence-corrected chi connectivity index (χ3v) is 2.43. The second-order valence-electron chi connectivity index (χ2n) is 3.37. The van der Waals surface area contributed by atoms with Crippen LogP contribution < -0.4 is 0 Å². The van der Waals surface area contributed by atoms with Crippen molar-refractivity contribution in [3.05, 3.63) is 12.2 Å². The van der Waals surface area contributed by atoms with E-state index in [9.17, 15) is 4.39 Å². The van der Waals surface area contributed by atoms with Crippen LogP contribution in [0.3, 0.4) is 0 Å². The number of fused-ring (bicyclic) bond motifs is 1. The average molecular weight is 141 g/mol. The van der Waals surface area contributed by atoms with Gasteiger partial charge in [0, 0.05) is 19.1 Å². The molecule has 0 aliphatic carbocycles. The zero-order valence-corrected chi connectivity index (χ0v) is 6.02. The van der Waals surface area contributed by atoms with E-state index >= 15 is 0 Å². The monoisotopic (exact) mass is 141 g/mol. The summed E-state index contributed by atoms with van der Waals surface area (Å²) in [6, 6.07) is 0.488. The Balaban J connectivity index is 2.06. The average Bonchev–Trinajstić information content (AvgIpc) is 2.21. The fourth-order valence-electron chi connectivity index (χ4n) is 2.01. The zero-order chi connectivity index (χ0) is 7.14. The van der Waals surface area contributed by atoms with E-state index in [1.54, 1.807) is 0 Å². The highest BCUT2D eigenvalue weighted by molar-refractivity contribution is 5.11. The molecule has 2 aliphatic heterocycles. The van der Waals surface area contributed by atoms with Gasteiger partial charge in [-0.3, -0.25) is 4.90 Å². The highest BCUT2D eigenvalue weighted by Crippen LogP contribution is 2.31. The number of hydrogen-bond donors (Lipinski definition) is 0. The Morgan fingerprint density at radius 2 is 2.40 bits per heavy atom. The Labute approximate surface area is 60.5 Å². The third kappa shape index (κ3) is 0.870. The summed E-state index contributed by atoms with van der Waals surface area (Å²) in [5.74, 6) is 0. The zero-order valence-electron chi connectivity index (χ0n) is 6.02. The lowest BCUT2D eigenvalue weighted by atomic mass is 10.1. The van der Waals surface area contributed by atoms with Gasteiger partial charge in [-0.1, -0.05) is 12.2 Å². The summed E-state index contributed by atoms with van der Waals surface area (Å²) in [7, 11) is 0. The van der Waals surface area contributed by atoms with E-state index in [1.807, 2.05) is 0 Å². The summed E-state index contributed by atoms with van der Waals surface area (Å²) in [6.07, 6.45) is 1.19. The fourth-order valence-corrected chi connectivity index (χ4v) is 2.01. The van der Waals surface area contributed by atoms with Gasteiger partial charge in [0.25, 0.3) is 0 Å². The van der Waals surface area contributed by atoms with Gasteiger partial charge < -0.3 is 0 Å². The molecular weight excluding hydrogens is 129 g/mol. The molecule has 10 heavy (non-hydrogen) atoms. The first kappa shape index (κ1) is 6.35. The van der Waals surface area contributed by atoms with Crippen LogP contribution in [-0.4, -0.2) is 30.2 Å². The van der Waals surface area contributed by atoms with Crippen molar-refractivity contribution in [3.63, 3.8) is 0 Å². The number of nitrogens with zero attached hydrogens (tertiary/aromatic N) is 1. The second-order valence-corrected chi connectivity index (χ2v) is 3.37. The molecule has 0 aromatic heterocycles. The van der Waals surface area contributed by atoms with E-state index in [0.717, 1.165) is 19.4 Å². The first-order valence-corrected chi connectivity index (χ1v) is 3.80. The summed E-state index contributed by atoms with van der Waals surface area (Å²) in [5.41, 5.74) is 1.27. The lowest BCUT2D eigenvalue weighted by molar-refractivity contribution is 0.297. The van der Waals surface area contributed by atoms with Crippen LogP contribution in [-0.2, 0) is 0 Å². The van der Waals surface area contributed by atoms with Crippen LogP contribution in [0, 0.1) is 0 Å². The summed E-state index contributed by atoms with van der Waals surface area (Å²) < 4.78 is 12.7. The van der Waals surface area contributed by atoms with Crippen molar-refractivity contribution in [2.24, 2.45) is 0 Å². The number of halogens is 1. The van der Waals surface area contributed by atoms with E-state index in [1.165, 1.54) is 5.57 Å². The Morgan fingerprint density at radius 1 is 1.60 bits per heavy atom. The molecule has 2 heterocycles. The second kappa shape index (κ2) is 2.06. The molecule has 0 N–H and O–H groups in total. The van der Waals surface area contributed by atoms with Gasteiger partial charge in [0.1, 0.15) is 6.17 Å². The maximum atomic E-state index is 12.7. The van der Waals surface area contributed by atoms with E-state index in [2.05, 4.69) is 11.5 Å². The Bertz CT molecular complexity index is 151. The number of hydrogen-bond acceptors (Lipinski definition) is 1. The normalized spacial score (nSPS) is 40.7. The maximum Gasteiger partial charge on any atom is 0.114 e. The highest BCUT2D eigenvalue weighted by Gasteiger charge is 2.36. The topological polar surface area (TPSA) is 3.24 Å². The summed E-state index contributed by atoms with van der Waals surface area (Å²) in [5, 5.41) is 0. The van der Waals surface area contributed by atoms with E-state index in [0.29, 0.717) is 12.6 Å². The van der Waals surface area contributed by atoms with Crippen LogP contribution in [0.1, 0.15) is 12.8 Å². The van der Waals surface area contributed by atoms with Gasteiger partial charge in [-0.2, -0.15) is 0 Å². The van der Waals surface area contributed by atoms with Crippen molar-refractivity contribution in [2.75, 3.05) is 13.1 Å². The predicted octanol–water partition coefficient (Wildman–Crippen LogP) is 1.36. The van der Waals surface area contributed by atoms with Crippen molar-refractivity contribution in [3.8, 4) is 0 Å². The first-order valence-electron chi connectivity index (χ1n) is 3.80. The van der Waals surface area contributed by atoms with Crippen LogP contribution >= 0.6 is 0 Å². The van der Waals surface area contributed by atoms with E-state index in [-0.39, 0.29) is 0 Å². The summed E-state index contributed by atoms with van der Waals surface area (Å²) >= 11 is 0. The quantitative estimate of drug-likeness (QED) is 0.460. The minimum absolute atomic E-state index is 0.488. The van der Waals surface area contributed by atoms with Gasteiger partial charge in [0.15, 0.2) is 0 Å². The minimum atomic E-state index is -0.571. The Kier molecular flexibility index (Phi) is 1.31. The lowest BCUT2D eigenvalue weighted by Crippen LogP contribution is -2.22. The predicted molar refractivity (Wildman–Crippen MR) is 38.6 cm³/mol. The molecule has 0 bridgehead atoms. The fraction of sp³-hybridized carbons (Fsp3) is 0.750. The molecule has 2 fully saturated rings. The van der Waals surface area contributed by atoms with Crippen molar-refractivity contribution < 1.29 is 4.39 Å². The molecule has 1 nitrogen and oxygen atoms in total. The lowest BCUT2D eigenvalue weighted by Gasteiger charge is -2.11. The molecule has 0 saturated carbocycles. The molecule has 2 heteroatoms.